The molecule has 4 nitrogen and oxygen atoms in total. The molecule has 0 aromatic heterocycles. The summed E-state index contributed by atoms with van der Waals surface area (Å²) in [5, 5.41) is 0. The number of amides is 1. The summed E-state index contributed by atoms with van der Waals surface area (Å²) in [5.41, 5.74) is 0.942. The molecule has 2 fully saturated rings. The van der Waals surface area contributed by atoms with Gasteiger partial charge in [0.25, 0.3) is 0 Å². The topological polar surface area (TPSA) is 32.8 Å². The van der Waals surface area contributed by atoms with Gasteiger partial charge in [0.1, 0.15) is 0 Å². The maximum absolute atomic E-state index is 13.7. The number of benzene rings is 1. The van der Waals surface area contributed by atoms with Crippen molar-refractivity contribution in [2.24, 2.45) is 5.92 Å². The number of ether oxygens (including phenoxy) is 1. The molecule has 1 aromatic rings. The van der Waals surface area contributed by atoms with Crippen molar-refractivity contribution < 1.29 is 13.9 Å². The fourth-order valence-electron chi connectivity index (χ4n) is 3.11. The monoisotopic (exact) mass is 306 g/mol. The third kappa shape index (κ3) is 3.24. The van der Waals surface area contributed by atoms with Crippen molar-refractivity contribution in [1.82, 2.24) is 9.80 Å². The Hall–Kier alpha value is -1.62. The highest BCUT2D eigenvalue weighted by Crippen LogP contribution is 2.28. The Morgan fingerprint density at radius 1 is 1.27 bits per heavy atom. The van der Waals surface area contributed by atoms with Crippen LogP contribution >= 0.6 is 0 Å². The number of hydrogen-bond acceptors (Lipinski definition) is 3. The van der Waals surface area contributed by atoms with Gasteiger partial charge in [0.05, 0.1) is 7.11 Å². The summed E-state index contributed by atoms with van der Waals surface area (Å²) in [6.07, 6.45) is 3.31. The Balaban J connectivity index is 1.51. The van der Waals surface area contributed by atoms with Crippen molar-refractivity contribution in [3.8, 4) is 5.75 Å². The van der Waals surface area contributed by atoms with Crippen LogP contribution in [-0.2, 0) is 11.3 Å². The molecule has 0 N–H and O–H groups in total. The summed E-state index contributed by atoms with van der Waals surface area (Å²) in [5.74, 6) is 0.571. The Labute approximate surface area is 130 Å². The molecule has 1 aliphatic carbocycles. The lowest BCUT2D eigenvalue weighted by Crippen LogP contribution is -2.50. The molecule has 0 atom stereocenters. The fraction of sp³-hybridized carbons (Fsp3) is 0.588. The molecule has 5 heteroatoms. The fourth-order valence-corrected chi connectivity index (χ4v) is 3.11. The molecular weight excluding hydrogens is 283 g/mol. The summed E-state index contributed by atoms with van der Waals surface area (Å²) in [6, 6.07) is 5.10. The number of methoxy groups -OCH3 is 1. The van der Waals surface area contributed by atoms with E-state index in [4.69, 9.17) is 4.74 Å². The van der Waals surface area contributed by atoms with Gasteiger partial charge in [0.2, 0.25) is 5.91 Å². The van der Waals surface area contributed by atoms with E-state index in [1.807, 2.05) is 11.0 Å². The van der Waals surface area contributed by atoms with Crippen LogP contribution in [0.4, 0.5) is 4.39 Å². The lowest BCUT2D eigenvalue weighted by atomic mass is 9.84. The zero-order valence-corrected chi connectivity index (χ0v) is 13.1. The number of piperazine rings is 1. The zero-order valence-electron chi connectivity index (χ0n) is 13.1. The summed E-state index contributed by atoms with van der Waals surface area (Å²) >= 11 is 0. The van der Waals surface area contributed by atoms with Gasteiger partial charge in [-0.1, -0.05) is 12.5 Å². The van der Waals surface area contributed by atoms with Gasteiger partial charge in [-0.25, -0.2) is 4.39 Å². The van der Waals surface area contributed by atoms with Crippen LogP contribution in [0, 0.1) is 11.7 Å². The average molecular weight is 306 g/mol. The molecule has 0 spiro atoms. The summed E-state index contributed by atoms with van der Waals surface area (Å²) in [7, 11) is 1.47. The minimum Gasteiger partial charge on any atom is -0.494 e. The molecule has 1 saturated heterocycles. The zero-order chi connectivity index (χ0) is 15.5. The molecule has 120 valence electrons. The van der Waals surface area contributed by atoms with E-state index < -0.39 is 0 Å². The van der Waals surface area contributed by atoms with Gasteiger partial charge in [-0.3, -0.25) is 9.69 Å². The van der Waals surface area contributed by atoms with Crippen molar-refractivity contribution in [3.05, 3.63) is 29.6 Å². The number of carbonyl (C=O) groups excluding carboxylic acids is 1. The van der Waals surface area contributed by atoms with E-state index in [1.54, 1.807) is 6.07 Å². The summed E-state index contributed by atoms with van der Waals surface area (Å²) in [4.78, 5) is 16.5. The van der Waals surface area contributed by atoms with E-state index in [9.17, 15) is 9.18 Å². The molecule has 1 saturated carbocycles. The van der Waals surface area contributed by atoms with Crippen LogP contribution in [0.15, 0.2) is 18.2 Å². The second kappa shape index (κ2) is 6.65. The molecule has 0 unspecified atom stereocenters. The van der Waals surface area contributed by atoms with Crippen LogP contribution < -0.4 is 4.74 Å². The lowest BCUT2D eigenvalue weighted by Gasteiger charge is -2.38. The first kappa shape index (κ1) is 15.3. The number of nitrogens with zero attached hydrogens (tertiary/aromatic N) is 2. The average Bonchev–Trinajstić information content (AvgIpc) is 2.46. The third-order valence-electron chi connectivity index (χ3n) is 4.76. The highest BCUT2D eigenvalue weighted by molar-refractivity contribution is 5.79. The van der Waals surface area contributed by atoms with Crippen LogP contribution in [0.5, 0.6) is 5.75 Å². The molecule has 22 heavy (non-hydrogen) atoms. The number of hydrogen-bond donors (Lipinski definition) is 0. The van der Waals surface area contributed by atoms with Gasteiger partial charge >= 0.3 is 0 Å². The third-order valence-corrected chi connectivity index (χ3v) is 4.76. The first-order chi connectivity index (χ1) is 10.7. The lowest BCUT2D eigenvalue weighted by molar-refractivity contribution is -0.140. The molecule has 1 aliphatic heterocycles. The molecule has 1 amide bonds. The first-order valence-corrected chi connectivity index (χ1v) is 8.01. The van der Waals surface area contributed by atoms with E-state index in [1.165, 1.54) is 19.6 Å². The first-order valence-electron chi connectivity index (χ1n) is 8.01. The Bertz CT molecular complexity index is 537. The molecular formula is C17H23FN2O2. The standard InChI is InChI=1S/C17H23FN2O2/c1-22-16-6-5-13(11-15(16)18)12-19-7-9-20(10-8-19)17(21)14-3-2-4-14/h5-6,11,14H,2-4,7-10,12H2,1H3. The van der Waals surface area contributed by atoms with Crippen molar-refractivity contribution in [2.45, 2.75) is 25.8 Å². The predicted octanol–water partition coefficient (Wildman–Crippen LogP) is 2.28. The molecule has 2 aliphatic rings. The molecule has 1 heterocycles. The Morgan fingerprint density at radius 2 is 2.00 bits per heavy atom. The van der Waals surface area contributed by atoms with Gasteiger partial charge in [0, 0.05) is 38.6 Å². The highest BCUT2D eigenvalue weighted by Gasteiger charge is 2.31. The van der Waals surface area contributed by atoms with Gasteiger partial charge < -0.3 is 9.64 Å². The maximum atomic E-state index is 13.7. The summed E-state index contributed by atoms with van der Waals surface area (Å²) < 4.78 is 18.6. The van der Waals surface area contributed by atoms with E-state index >= 15 is 0 Å². The van der Waals surface area contributed by atoms with Gasteiger partial charge in [-0.2, -0.15) is 0 Å². The van der Waals surface area contributed by atoms with Gasteiger partial charge in [-0.05, 0) is 30.5 Å². The summed E-state index contributed by atoms with van der Waals surface area (Å²) in [6.45, 7) is 3.99. The maximum Gasteiger partial charge on any atom is 0.225 e. The normalized spacial score (nSPS) is 19.8. The minimum absolute atomic E-state index is 0.277. The molecule has 0 radical (unpaired) electrons. The van der Waals surface area contributed by atoms with Crippen molar-refractivity contribution in [1.29, 1.82) is 0 Å². The van der Waals surface area contributed by atoms with E-state index in [0.29, 0.717) is 12.5 Å². The quantitative estimate of drug-likeness (QED) is 0.855. The Kier molecular flexibility index (Phi) is 4.62. The largest absolute Gasteiger partial charge is 0.494 e. The SMILES string of the molecule is COc1ccc(CN2CCN(C(=O)C3CCC3)CC2)cc1F. The van der Waals surface area contributed by atoms with Crippen molar-refractivity contribution in [3.63, 3.8) is 0 Å². The minimum atomic E-state index is -0.321. The van der Waals surface area contributed by atoms with E-state index in [-0.39, 0.29) is 17.5 Å². The van der Waals surface area contributed by atoms with Crippen LogP contribution in [0.2, 0.25) is 0 Å². The Morgan fingerprint density at radius 3 is 2.55 bits per heavy atom. The van der Waals surface area contributed by atoms with Crippen LogP contribution in [-0.4, -0.2) is 49.0 Å². The van der Waals surface area contributed by atoms with Crippen molar-refractivity contribution >= 4 is 5.91 Å². The molecule has 3 rings (SSSR count). The second-order valence-corrected chi connectivity index (χ2v) is 6.20. The van der Waals surface area contributed by atoms with Gasteiger partial charge in [0.15, 0.2) is 11.6 Å². The number of halogens is 1. The highest BCUT2D eigenvalue weighted by atomic mass is 19.1. The van der Waals surface area contributed by atoms with Crippen LogP contribution in [0.25, 0.3) is 0 Å². The van der Waals surface area contributed by atoms with Crippen LogP contribution in [0.3, 0.4) is 0 Å². The van der Waals surface area contributed by atoms with Gasteiger partial charge in [-0.15, -0.1) is 0 Å². The predicted molar refractivity (Wildman–Crippen MR) is 82.2 cm³/mol. The molecule has 0 bridgehead atoms. The smallest absolute Gasteiger partial charge is 0.225 e. The number of carbonyl (C=O) groups is 1. The van der Waals surface area contributed by atoms with Crippen LogP contribution in [0.1, 0.15) is 24.8 Å². The van der Waals surface area contributed by atoms with E-state index in [0.717, 1.165) is 44.6 Å². The van der Waals surface area contributed by atoms with Crippen molar-refractivity contribution in [2.75, 3.05) is 33.3 Å². The molecule has 1 aromatic carbocycles. The van der Waals surface area contributed by atoms with E-state index in [2.05, 4.69) is 4.90 Å². The number of rotatable bonds is 4. The second-order valence-electron chi connectivity index (χ2n) is 6.20.